The smallest absolute Gasteiger partial charge is 0.122 e. The summed E-state index contributed by atoms with van der Waals surface area (Å²) in [7, 11) is 0. The van der Waals surface area contributed by atoms with Crippen LogP contribution in [0.1, 0.15) is 18.3 Å². The average Bonchev–Trinajstić information content (AvgIpc) is 2.88. The maximum Gasteiger partial charge on any atom is 0.122 e. The molecule has 0 unspecified atom stereocenters. The Labute approximate surface area is 90.1 Å². The average molecular weight is 202 g/mol. The molecule has 0 spiro atoms. The molecule has 0 saturated heterocycles. The van der Waals surface area contributed by atoms with Crippen molar-refractivity contribution in [2.45, 2.75) is 26.6 Å². The largest absolute Gasteiger partial charge is 0.334 e. The van der Waals surface area contributed by atoms with Crippen LogP contribution in [0.2, 0.25) is 0 Å². The summed E-state index contributed by atoms with van der Waals surface area (Å²) in [6.07, 6.45) is 3.86. The number of hydrogen-bond acceptors (Lipinski definition) is 2. The number of aryl methyl sites for hydroxylation is 1. The Morgan fingerprint density at radius 1 is 1.47 bits per heavy atom. The summed E-state index contributed by atoms with van der Waals surface area (Å²) in [5, 5.41) is 3.38. The molecule has 0 radical (unpaired) electrons. The van der Waals surface area contributed by atoms with Crippen LogP contribution >= 0.6 is 0 Å². The van der Waals surface area contributed by atoms with Gasteiger partial charge in [0.05, 0.1) is 6.54 Å². The van der Waals surface area contributed by atoms with E-state index >= 15 is 0 Å². The second kappa shape index (κ2) is 4.84. The molecule has 0 amide bonds. The summed E-state index contributed by atoms with van der Waals surface area (Å²) in [5.41, 5.74) is 1.32. The molecular weight excluding hydrogens is 186 g/mol. The first kappa shape index (κ1) is 10.1. The number of imidazole rings is 1. The van der Waals surface area contributed by atoms with E-state index in [1.165, 1.54) is 5.56 Å². The highest BCUT2D eigenvalue weighted by Crippen LogP contribution is 2.01. The molecule has 0 saturated carbocycles. The minimum atomic E-state index is 0.825. The predicted molar refractivity (Wildman–Crippen MR) is 60.5 cm³/mol. The molecule has 0 fully saturated rings. The minimum absolute atomic E-state index is 0.825. The monoisotopic (exact) mass is 202 g/mol. The van der Waals surface area contributed by atoms with Gasteiger partial charge in [-0.2, -0.15) is 23.8 Å². The first-order valence-corrected chi connectivity index (χ1v) is 5.31. The van der Waals surface area contributed by atoms with Crippen molar-refractivity contribution in [3.05, 3.63) is 48.0 Å². The second-order valence-electron chi connectivity index (χ2n) is 3.53. The van der Waals surface area contributed by atoms with Crippen molar-refractivity contribution in [3.8, 4) is 0 Å². The van der Waals surface area contributed by atoms with Crippen molar-refractivity contribution in [1.29, 1.82) is 0 Å². The van der Waals surface area contributed by atoms with E-state index in [4.69, 9.17) is 0 Å². The quantitative estimate of drug-likeness (QED) is 0.751. The Morgan fingerprint density at radius 3 is 3.13 bits per heavy atom. The van der Waals surface area contributed by atoms with Gasteiger partial charge in [0.2, 0.25) is 0 Å². The molecule has 1 heterocycles. The summed E-state index contributed by atoms with van der Waals surface area (Å²) < 4.78 is 2.15. The summed E-state index contributed by atoms with van der Waals surface area (Å²) in [5.74, 6) is 1.10. The van der Waals surface area contributed by atoms with E-state index in [2.05, 4.69) is 46.1 Å². The third-order valence-electron chi connectivity index (χ3n) is 2.49. The van der Waals surface area contributed by atoms with E-state index in [-0.39, 0.29) is 0 Å². The van der Waals surface area contributed by atoms with Crippen LogP contribution in [-0.4, -0.2) is 9.55 Å². The SMILES string of the molecule is CCn1ccnc1CNCc1cc[cH-]c1. The second-order valence-corrected chi connectivity index (χ2v) is 3.53. The van der Waals surface area contributed by atoms with Gasteiger partial charge in [-0.05, 0) is 13.5 Å². The van der Waals surface area contributed by atoms with Crippen molar-refractivity contribution >= 4 is 0 Å². The molecule has 3 nitrogen and oxygen atoms in total. The first-order valence-electron chi connectivity index (χ1n) is 5.31. The normalized spacial score (nSPS) is 10.7. The molecule has 0 aliphatic heterocycles. The highest BCUT2D eigenvalue weighted by Gasteiger charge is 1.98. The summed E-state index contributed by atoms with van der Waals surface area (Å²) in [4.78, 5) is 4.31. The number of rotatable bonds is 5. The summed E-state index contributed by atoms with van der Waals surface area (Å²) in [6, 6.07) is 8.37. The van der Waals surface area contributed by atoms with Gasteiger partial charge in [0.15, 0.2) is 0 Å². The fourth-order valence-electron chi connectivity index (χ4n) is 1.65. The maximum absolute atomic E-state index is 4.31. The molecule has 15 heavy (non-hydrogen) atoms. The van der Waals surface area contributed by atoms with Crippen LogP contribution in [0.5, 0.6) is 0 Å². The van der Waals surface area contributed by atoms with E-state index in [0.717, 1.165) is 25.5 Å². The highest BCUT2D eigenvalue weighted by atomic mass is 15.1. The van der Waals surface area contributed by atoms with E-state index in [9.17, 15) is 0 Å². The van der Waals surface area contributed by atoms with E-state index in [0.29, 0.717) is 0 Å². The molecule has 2 aromatic rings. The van der Waals surface area contributed by atoms with Crippen molar-refractivity contribution in [2.75, 3.05) is 0 Å². The van der Waals surface area contributed by atoms with E-state index < -0.39 is 0 Å². The zero-order valence-corrected chi connectivity index (χ0v) is 8.98. The maximum atomic E-state index is 4.31. The van der Waals surface area contributed by atoms with Gasteiger partial charge in [-0.1, -0.05) is 0 Å². The van der Waals surface area contributed by atoms with Crippen LogP contribution in [0.3, 0.4) is 0 Å². The standard InChI is InChI=1S/C12H16N3/c1-2-15-8-7-14-12(15)10-13-9-11-5-3-4-6-11/h3-8,13H,2,9-10H2,1H3/q-1. The first-order chi connectivity index (χ1) is 7.40. The van der Waals surface area contributed by atoms with Gasteiger partial charge in [0.1, 0.15) is 5.82 Å². The molecule has 2 rings (SSSR count). The van der Waals surface area contributed by atoms with Gasteiger partial charge in [0, 0.05) is 18.9 Å². The Balaban J connectivity index is 1.83. The topological polar surface area (TPSA) is 29.9 Å². The van der Waals surface area contributed by atoms with Crippen molar-refractivity contribution < 1.29 is 0 Å². The van der Waals surface area contributed by atoms with Crippen LogP contribution in [0.4, 0.5) is 0 Å². The number of hydrogen-bond donors (Lipinski definition) is 1. The Kier molecular flexibility index (Phi) is 3.25. The van der Waals surface area contributed by atoms with Crippen LogP contribution < -0.4 is 5.32 Å². The molecular formula is C12H16N3-. The van der Waals surface area contributed by atoms with Gasteiger partial charge >= 0.3 is 0 Å². The van der Waals surface area contributed by atoms with Crippen LogP contribution in [0, 0.1) is 0 Å². The van der Waals surface area contributed by atoms with Gasteiger partial charge < -0.3 is 9.88 Å². The number of nitrogens with one attached hydrogen (secondary N) is 1. The lowest BCUT2D eigenvalue weighted by Gasteiger charge is -2.08. The van der Waals surface area contributed by atoms with Crippen molar-refractivity contribution in [1.82, 2.24) is 14.9 Å². The zero-order valence-electron chi connectivity index (χ0n) is 8.98. The molecule has 1 N–H and O–H groups in total. The molecule has 0 aliphatic rings. The lowest BCUT2D eigenvalue weighted by molar-refractivity contribution is 0.613. The Morgan fingerprint density at radius 2 is 2.40 bits per heavy atom. The number of aromatic nitrogens is 2. The predicted octanol–water partition coefficient (Wildman–Crippen LogP) is 1.91. The van der Waals surface area contributed by atoms with Crippen LogP contribution in [0.15, 0.2) is 36.7 Å². The fraction of sp³-hybridized carbons (Fsp3) is 0.333. The zero-order chi connectivity index (χ0) is 10.5. The Hall–Kier alpha value is -1.48. The lowest BCUT2D eigenvalue weighted by Crippen LogP contribution is -2.16. The Bertz CT molecular complexity index is 387. The highest BCUT2D eigenvalue weighted by molar-refractivity contribution is 5.15. The summed E-state index contributed by atoms with van der Waals surface area (Å²) >= 11 is 0. The molecule has 3 heteroatoms. The molecule has 80 valence electrons. The fourth-order valence-corrected chi connectivity index (χ4v) is 1.65. The van der Waals surface area contributed by atoms with Crippen LogP contribution in [-0.2, 0) is 19.6 Å². The third kappa shape index (κ3) is 2.50. The van der Waals surface area contributed by atoms with Crippen molar-refractivity contribution in [2.24, 2.45) is 0 Å². The molecule has 0 aliphatic carbocycles. The van der Waals surface area contributed by atoms with E-state index in [1.54, 1.807) is 0 Å². The molecule has 1 aromatic carbocycles. The van der Waals surface area contributed by atoms with Gasteiger partial charge in [-0.25, -0.2) is 11.1 Å². The van der Waals surface area contributed by atoms with Crippen LogP contribution in [0.25, 0.3) is 0 Å². The molecule has 0 atom stereocenters. The van der Waals surface area contributed by atoms with Gasteiger partial charge in [0.25, 0.3) is 0 Å². The summed E-state index contributed by atoms with van der Waals surface area (Å²) in [6.45, 7) is 4.84. The molecule has 1 aromatic heterocycles. The minimum Gasteiger partial charge on any atom is -0.334 e. The number of nitrogens with zero attached hydrogens (tertiary/aromatic N) is 2. The van der Waals surface area contributed by atoms with Gasteiger partial charge in [-0.3, -0.25) is 0 Å². The lowest BCUT2D eigenvalue weighted by atomic mass is 10.3. The van der Waals surface area contributed by atoms with Crippen molar-refractivity contribution in [3.63, 3.8) is 0 Å². The molecule has 0 bridgehead atoms. The third-order valence-corrected chi connectivity index (χ3v) is 2.49. The van der Waals surface area contributed by atoms with Gasteiger partial charge in [-0.15, -0.1) is 0 Å². The van der Waals surface area contributed by atoms with E-state index in [1.807, 2.05) is 12.4 Å².